The van der Waals surface area contributed by atoms with Crippen LogP contribution in [0.2, 0.25) is 0 Å². The summed E-state index contributed by atoms with van der Waals surface area (Å²) in [5, 5.41) is 0. The molecule has 0 heterocycles. The molecule has 128 valence electrons. The summed E-state index contributed by atoms with van der Waals surface area (Å²) in [5.41, 5.74) is 5.85. The lowest BCUT2D eigenvalue weighted by Gasteiger charge is -2.31. The van der Waals surface area contributed by atoms with E-state index in [1.807, 2.05) is 0 Å². The molecular formula is C25H28. The standard InChI is InChI=1S/C25H28/c1-21-13-15-24(16-14-21)25(2,19-17-22-9-5-3-6-10-22)20-18-23-11-7-4-8-12-23/h3-16H,17-20H2,1-2H3. The van der Waals surface area contributed by atoms with Crippen molar-refractivity contribution in [3.8, 4) is 0 Å². The molecule has 0 spiro atoms. The smallest absolute Gasteiger partial charge is 0.00689 e. The van der Waals surface area contributed by atoms with Crippen LogP contribution in [0.1, 0.15) is 42.0 Å². The van der Waals surface area contributed by atoms with E-state index in [9.17, 15) is 0 Å². The van der Waals surface area contributed by atoms with Crippen LogP contribution in [0.3, 0.4) is 0 Å². The first-order chi connectivity index (χ1) is 12.2. The number of hydrogen-bond acceptors (Lipinski definition) is 0. The van der Waals surface area contributed by atoms with E-state index in [4.69, 9.17) is 0 Å². The largest absolute Gasteiger partial charge is 0.0622 e. The third kappa shape index (κ3) is 4.82. The molecule has 0 fully saturated rings. The van der Waals surface area contributed by atoms with Gasteiger partial charge in [0, 0.05) is 0 Å². The highest BCUT2D eigenvalue weighted by atomic mass is 14.3. The zero-order valence-electron chi connectivity index (χ0n) is 15.4. The van der Waals surface area contributed by atoms with Crippen LogP contribution in [0.4, 0.5) is 0 Å². The van der Waals surface area contributed by atoms with Crippen LogP contribution in [-0.2, 0) is 18.3 Å². The molecule has 0 amide bonds. The molecule has 0 bridgehead atoms. The second kappa shape index (κ2) is 8.16. The molecule has 0 aliphatic carbocycles. The van der Waals surface area contributed by atoms with Crippen LogP contribution in [0, 0.1) is 6.92 Å². The molecule has 0 unspecified atom stereocenters. The van der Waals surface area contributed by atoms with E-state index in [0.717, 1.165) is 12.8 Å². The molecule has 0 aromatic heterocycles. The van der Waals surface area contributed by atoms with E-state index in [-0.39, 0.29) is 5.41 Å². The van der Waals surface area contributed by atoms with Gasteiger partial charge in [0.15, 0.2) is 0 Å². The normalized spacial score (nSPS) is 11.4. The number of benzene rings is 3. The minimum absolute atomic E-state index is 0.194. The Kier molecular flexibility index (Phi) is 5.71. The van der Waals surface area contributed by atoms with Gasteiger partial charge in [-0.05, 0) is 54.7 Å². The van der Waals surface area contributed by atoms with Gasteiger partial charge in [-0.15, -0.1) is 0 Å². The molecule has 3 aromatic rings. The summed E-state index contributed by atoms with van der Waals surface area (Å²) in [5.74, 6) is 0. The number of aryl methyl sites for hydroxylation is 3. The second-order valence-corrected chi connectivity index (χ2v) is 7.40. The van der Waals surface area contributed by atoms with E-state index < -0.39 is 0 Å². The summed E-state index contributed by atoms with van der Waals surface area (Å²) in [7, 11) is 0. The SMILES string of the molecule is Cc1ccc(C(C)(CCc2ccccc2)CCc2ccccc2)cc1. The molecular weight excluding hydrogens is 300 g/mol. The Hall–Kier alpha value is -2.34. The first-order valence-electron chi connectivity index (χ1n) is 9.31. The predicted molar refractivity (Wildman–Crippen MR) is 108 cm³/mol. The lowest BCUT2D eigenvalue weighted by molar-refractivity contribution is 0.401. The van der Waals surface area contributed by atoms with Gasteiger partial charge in [-0.2, -0.15) is 0 Å². The lowest BCUT2D eigenvalue weighted by Crippen LogP contribution is -2.24. The van der Waals surface area contributed by atoms with Crippen molar-refractivity contribution in [2.75, 3.05) is 0 Å². The number of rotatable bonds is 7. The minimum Gasteiger partial charge on any atom is -0.0622 e. The summed E-state index contributed by atoms with van der Waals surface area (Å²) in [4.78, 5) is 0. The molecule has 25 heavy (non-hydrogen) atoms. The highest BCUT2D eigenvalue weighted by Crippen LogP contribution is 2.34. The van der Waals surface area contributed by atoms with Gasteiger partial charge >= 0.3 is 0 Å². The molecule has 0 nitrogen and oxygen atoms in total. The molecule has 0 radical (unpaired) electrons. The quantitative estimate of drug-likeness (QED) is 0.463. The molecule has 0 saturated carbocycles. The van der Waals surface area contributed by atoms with Crippen LogP contribution in [0.5, 0.6) is 0 Å². The monoisotopic (exact) mass is 328 g/mol. The molecule has 0 aliphatic rings. The van der Waals surface area contributed by atoms with Crippen molar-refractivity contribution in [1.82, 2.24) is 0 Å². The van der Waals surface area contributed by atoms with Crippen molar-refractivity contribution >= 4 is 0 Å². The van der Waals surface area contributed by atoms with E-state index in [1.165, 1.54) is 35.1 Å². The topological polar surface area (TPSA) is 0 Å². The van der Waals surface area contributed by atoms with Crippen LogP contribution >= 0.6 is 0 Å². The average Bonchev–Trinajstić information content (AvgIpc) is 2.67. The van der Waals surface area contributed by atoms with Gasteiger partial charge < -0.3 is 0 Å². The fourth-order valence-corrected chi connectivity index (χ4v) is 3.50. The Morgan fingerprint density at radius 1 is 0.600 bits per heavy atom. The predicted octanol–water partition coefficient (Wildman–Crippen LogP) is 6.52. The zero-order valence-corrected chi connectivity index (χ0v) is 15.4. The van der Waals surface area contributed by atoms with E-state index in [0.29, 0.717) is 0 Å². The van der Waals surface area contributed by atoms with Crippen LogP contribution < -0.4 is 0 Å². The Morgan fingerprint density at radius 3 is 1.48 bits per heavy atom. The van der Waals surface area contributed by atoms with E-state index >= 15 is 0 Å². The molecule has 0 aliphatic heterocycles. The summed E-state index contributed by atoms with van der Waals surface area (Å²) in [6.07, 6.45) is 4.60. The molecule has 3 aromatic carbocycles. The Balaban J connectivity index is 1.78. The maximum Gasteiger partial charge on any atom is -0.00689 e. The van der Waals surface area contributed by atoms with Gasteiger partial charge in [0.25, 0.3) is 0 Å². The third-order valence-electron chi connectivity index (χ3n) is 5.37. The third-order valence-corrected chi connectivity index (χ3v) is 5.37. The first kappa shape index (κ1) is 17.5. The highest BCUT2D eigenvalue weighted by Gasteiger charge is 2.26. The van der Waals surface area contributed by atoms with Gasteiger partial charge in [-0.3, -0.25) is 0 Å². The van der Waals surface area contributed by atoms with E-state index in [2.05, 4.69) is 98.8 Å². The van der Waals surface area contributed by atoms with Gasteiger partial charge in [0.2, 0.25) is 0 Å². The van der Waals surface area contributed by atoms with Gasteiger partial charge in [0.05, 0.1) is 0 Å². The summed E-state index contributed by atoms with van der Waals surface area (Å²) < 4.78 is 0. The van der Waals surface area contributed by atoms with Crippen molar-refractivity contribution in [3.05, 3.63) is 107 Å². The van der Waals surface area contributed by atoms with Crippen molar-refractivity contribution in [3.63, 3.8) is 0 Å². The fraction of sp³-hybridized carbons (Fsp3) is 0.280. The van der Waals surface area contributed by atoms with Crippen molar-refractivity contribution < 1.29 is 0 Å². The van der Waals surface area contributed by atoms with Crippen molar-refractivity contribution in [1.29, 1.82) is 0 Å². The minimum atomic E-state index is 0.194. The summed E-state index contributed by atoms with van der Waals surface area (Å²) in [6.45, 7) is 4.60. The van der Waals surface area contributed by atoms with Crippen LogP contribution in [0.25, 0.3) is 0 Å². The molecule has 0 heteroatoms. The average molecular weight is 328 g/mol. The number of hydrogen-bond donors (Lipinski definition) is 0. The Morgan fingerprint density at radius 2 is 1.04 bits per heavy atom. The van der Waals surface area contributed by atoms with Gasteiger partial charge in [-0.25, -0.2) is 0 Å². The molecule has 0 saturated heterocycles. The Bertz CT molecular complexity index is 711. The maximum absolute atomic E-state index is 2.43. The fourth-order valence-electron chi connectivity index (χ4n) is 3.50. The maximum atomic E-state index is 2.43. The van der Waals surface area contributed by atoms with Crippen LogP contribution in [-0.4, -0.2) is 0 Å². The van der Waals surface area contributed by atoms with E-state index in [1.54, 1.807) is 0 Å². The molecule has 0 N–H and O–H groups in total. The second-order valence-electron chi connectivity index (χ2n) is 7.40. The molecule has 0 atom stereocenters. The van der Waals surface area contributed by atoms with Crippen molar-refractivity contribution in [2.45, 2.75) is 44.9 Å². The summed E-state index contributed by atoms with van der Waals surface area (Å²) in [6, 6.07) is 30.9. The first-order valence-corrected chi connectivity index (χ1v) is 9.31. The van der Waals surface area contributed by atoms with Crippen LogP contribution in [0.15, 0.2) is 84.9 Å². The zero-order chi connectivity index (χ0) is 17.5. The highest BCUT2D eigenvalue weighted by molar-refractivity contribution is 5.29. The molecule has 3 rings (SSSR count). The van der Waals surface area contributed by atoms with Gasteiger partial charge in [0.1, 0.15) is 0 Å². The lowest BCUT2D eigenvalue weighted by atomic mass is 9.73. The summed E-state index contributed by atoms with van der Waals surface area (Å²) >= 11 is 0. The Labute approximate surface area is 152 Å². The van der Waals surface area contributed by atoms with Gasteiger partial charge in [-0.1, -0.05) is 97.4 Å². The van der Waals surface area contributed by atoms with Crippen molar-refractivity contribution in [2.24, 2.45) is 0 Å².